The third kappa shape index (κ3) is 2.72. The largest absolute Gasteiger partial charge is 0.312 e. The predicted molar refractivity (Wildman–Crippen MR) is 84.0 cm³/mol. The fourth-order valence-corrected chi connectivity index (χ4v) is 3.17. The molecule has 0 atom stereocenters. The molecule has 2 heterocycles. The van der Waals surface area contributed by atoms with Crippen molar-refractivity contribution in [1.82, 2.24) is 15.3 Å². The molecule has 3 nitrogen and oxygen atoms in total. The number of fused-ring (bicyclic) bond motifs is 1. The maximum atomic E-state index is 4.76. The third-order valence-electron chi connectivity index (χ3n) is 3.56. The number of hydrogen-bond acceptors (Lipinski definition) is 4. The molecule has 0 saturated heterocycles. The van der Waals surface area contributed by atoms with E-state index in [4.69, 9.17) is 4.98 Å². The van der Waals surface area contributed by atoms with E-state index in [1.807, 2.05) is 11.8 Å². The van der Waals surface area contributed by atoms with Gasteiger partial charge in [0, 0.05) is 41.2 Å². The quantitative estimate of drug-likeness (QED) is 0.879. The summed E-state index contributed by atoms with van der Waals surface area (Å²) in [4.78, 5) is 10.7. The van der Waals surface area contributed by atoms with Gasteiger partial charge in [0.05, 0.1) is 5.69 Å². The molecule has 0 fully saturated rings. The summed E-state index contributed by atoms with van der Waals surface area (Å²) >= 11 is 1.86. The van der Waals surface area contributed by atoms with Gasteiger partial charge in [-0.05, 0) is 24.8 Å². The van der Waals surface area contributed by atoms with Crippen LogP contribution in [0.3, 0.4) is 0 Å². The molecule has 0 saturated carbocycles. The molecule has 1 aliphatic rings. The fourth-order valence-electron chi connectivity index (χ4n) is 2.51. The summed E-state index contributed by atoms with van der Waals surface area (Å²) in [5, 5.41) is 3.38. The van der Waals surface area contributed by atoms with Crippen LogP contribution in [-0.4, -0.2) is 22.3 Å². The lowest BCUT2D eigenvalue weighted by molar-refractivity contribution is 0.622. The lowest BCUT2D eigenvalue weighted by Crippen LogP contribution is -2.26. The van der Waals surface area contributed by atoms with Gasteiger partial charge < -0.3 is 5.32 Å². The smallest absolute Gasteiger partial charge is 0.159 e. The summed E-state index contributed by atoms with van der Waals surface area (Å²) < 4.78 is 0. The highest BCUT2D eigenvalue weighted by molar-refractivity contribution is 7.99. The topological polar surface area (TPSA) is 37.8 Å². The van der Waals surface area contributed by atoms with E-state index in [1.165, 1.54) is 16.2 Å². The highest BCUT2D eigenvalue weighted by atomic mass is 32.2. The maximum Gasteiger partial charge on any atom is 0.159 e. The van der Waals surface area contributed by atoms with Gasteiger partial charge in [-0.2, -0.15) is 0 Å². The molecule has 4 heteroatoms. The molecule has 0 spiro atoms. The van der Waals surface area contributed by atoms with Crippen molar-refractivity contribution in [2.45, 2.75) is 31.7 Å². The average Bonchev–Trinajstić information content (AvgIpc) is 2.48. The van der Waals surface area contributed by atoms with Crippen LogP contribution >= 0.6 is 11.8 Å². The van der Waals surface area contributed by atoms with E-state index in [-0.39, 0.29) is 0 Å². The Balaban J connectivity index is 1.95. The van der Waals surface area contributed by atoms with Crippen LogP contribution in [0.2, 0.25) is 0 Å². The zero-order valence-corrected chi connectivity index (χ0v) is 12.8. The van der Waals surface area contributed by atoms with Gasteiger partial charge in [-0.15, -0.1) is 11.8 Å². The number of aromatic nitrogens is 2. The molecule has 2 aromatic rings. The molecular formula is C16H19N3S. The Labute approximate surface area is 124 Å². The minimum Gasteiger partial charge on any atom is -0.312 e. The summed E-state index contributed by atoms with van der Waals surface area (Å²) in [6.45, 7) is 6.16. The SMILES string of the molecule is CCSc1ccc(-c2nc(C)c3c(n2)CCNC3)cc1. The Kier molecular flexibility index (Phi) is 4.03. The lowest BCUT2D eigenvalue weighted by atomic mass is 10.1. The molecular weight excluding hydrogens is 266 g/mol. The molecule has 0 aliphatic carbocycles. The van der Waals surface area contributed by atoms with E-state index < -0.39 is 0 Å². The van der Waals surface area contributed by atoms with Crippen molar-refractivity contribution in [3.63, 3.8) is 0 Å². The van der Waals surface area contributed by atoms with E-state index in [2.05, 4.69) is 48.4 Å². The standard InChI is InChI=1S/C16H19N3S/c1-3-20-13-6-4-12(5-7-13)16-18-11(2)14-10-17-9-8-15(14)19-16/h4-7,17H,3,8-10H2,1-2H3. The van der Waals surface area contributed by atoms with Gasteiger partial charge in [0.15, 0.2) is 5.82 Å². The van der Waals surface area contributed by atoms with Crippen molar-refractivity contribution in [2.24, 2.45) is 0 Å². The van der Waals surface area contributed by atoms with Crippen LogP contribution < -0.4 is 5.32 Å². The van der Waals surface area contributed by atoms with Gasteiger partial charge in [0.1, 0.15) is 0 Å². The molecule has 104 valence electrons. The van der Waals surface area contributed by atoms with Gasteiger partial charge in [0.25, 0.3) is 0 Å². The van der Waals surface area contributed by atoms with E-state index in [9.17, 15) is 0 Å². The van der Waals surface area contributed by atoms with Crippen LogP contribution in [0.1, 0.15) is 23.9 Å². The van der Waals surface area contributed by atoms with Gasteiger partial charge in [0.2, 0.25) is 0 Å². The Morgan fingerprint density at radius 2 is 2.00 bits per heavy atom. The normalized spacial score (nSPS) is 14.1. The molecule has 0 unspecified atom stereocenters. The number of nitrogens with zero attached hydrogens (tertiary/aromatic N) is 2. The Morgan fingerprint density at radius 1 is 1.20 bits per heavy atom. The third-order valence-corrected chi connectivity index (χ3v) is 4.46. The summed E-state index contributed by atoms with van der Waals surface area (Å²) in [5.41, 5.74) is 4.69. The fraction of sp³-hybridized carbons (Fsp3) is 0.375. The van der Waals surface area contributed by atoms with Gasteiger partial charge in [-0.3, -0.25) is 0 Å². The van der Waals surface area contributed by atoms with Crippen LogP contribution in [0.4, 0.5) is 0 Å². The first-order valence-corrected chi connectivity index (χ1v) is 8.07. The minimum absolute atomic E-state index is 0.858. The number of rotatable bonds is 3. The molecule has 1 aromatic heterocycles. The van der Waals surface area contributed by atoms with Crippen molar-refractivity contribution >= 4 is 11.8 Å². The molecule has 3 rings (SSSR count). The van der Waals surface area contributed by atoms with Crippen LogP contribution in [0.25, 0.3) is 11.4 Å². The first-order valence-electron chi connectivity index (χ1n) is 7.08. The summed E-state index contributed by atoms with van der Waals surface area (Å²) in [6.07, 6.45) is 0.995. The van der Waals surface area contributed by atoms with Crippen LogP contribution in [0.15, 0.2) is 29.2 Å². The van der Waals surface area contributed by atoms with E-state index in [1.54, 1.807) is 0 Å². The van der Waals surface area contributed by atoms with Crippen molar-refractivity contribution in [1.29, 1.82) is 0 Å². The van der Waals surface area contributed by atoms with E-state index >= 15 is 0 Å². The molecule has 1 aromatic carbocycles. The van der Waals surface area contributed by atoms with Gasteiger partial charge in [-0.25, -0.2) is 9.97 Å². The Hall–Kier alpha value is -1.39. The number of thioether (sulfide) groups is 1. The number of benzene rings is 1. The Morgan fingerprint density at radius 3 is 2.75 bits per heavy atom. The van der Waals surface area contributed by atoms with Gasteiger partial charge >= 0.3 is 0 Å². The van der Waals surface area contributed by atoms with E-state index in [0.29, 0.717) is 0 Å². The second-order valence-electron chi connectivity index (χ2n) is 4.94. The number of nitrogens with one attached hydrogen (secondary N) is 1. The molecule has 20 heavy (non-hydrogen) atoms. The molecule has 1 aliphatic heterocycles. The highest BCUT2D eigenvalue weighted by Gasteiger charge is 2.15. The van der Waals surface area contributed by atoms with Gasteiger partial charge in [-0.1, -0.05) is 19.1 Å². The number of aryl methyl sites for hydroxylation is 1. The molecule has 0 radical (unpaired) electrons. The van der Waals surface area contributed by atoms with Crippen LogP contribution in [0, 0.1) is 6.92 Å². The number of hydrogen-bond donors (Lipinski definition) is 1. The van der Waals surface area contributed by atoms with Crippen molar-refractivity contribution in [3.8, 4) is 11.4 Å². The zero-order chi connectivity index (χ0) is 13.9. The van der Waals surface area contributed by atoms with Crippen LogP contribution in [0.5, 0.6) is 0 Å². The minimum atomic E-state index is 0.858. The second-order valence-corrected chi connectivity index (χ2v) is 6.28. The Bertz CT molecular complexity index is 608. The van der Waals surface area contributed by atoms with Crippen molar-refractivity contribution in [3.05, 3.63) is 41.2 Å². The summed E-state index contributed by atoms with van der Waals surface area (Å²) in [5.74, 6) is 1.96. The maximum absolute atomic E-state index is 4.76. The predicted octanol–water partition coefficient (Wildman–Crippen LogP) is 3.21. The first-order chi connectivity index (χ1) is 9.78. The molecule has 0 bridgehead atoms. The molecule has 1 N–H and O–H groups in total. The summed E-state index contributed by atoms with van der Waals surface area (Å²) in [7, 11) is 0. The summed E-state index contributed by atoms with van der Waals surface area (Å²) in [6, 6.07) is 8.56. The lowest BCUT2D eigenvalue weighted by Gasteiger charge is -2.18. The highest BCUT2D eigenvalue weighted by Crippen LogP contribution is 2.24. The van der Waals surface area contributed by atoms with Crippen molar-refractivity contribution in [2.75, 3.05) is 12.3 Å². The van der Waals surface area contributed by atoms with Crippen LogP contribution in [-0.2, 0) is 13.0 Å². The second kappa shape index (κ2) is 5.94. The first kappa shape index (κ1) is 13.6. The zero-order valence-electron chi connectivity index (χ0n) is 11.9. The average molecular weight is 285 g/mol. The monoisotopic (exact) mass is 285 g/mol. The van der Waals surface area contributed by atoms with Crippen molar-refractivity contribution < 1.29 is 0 Å². The van der Waals surface area contributed by atoms with E-state index in [0.717, 1.165) is 42.3 Å². The molecule has 0 amide bonds.